The Kier molecular flexibility index (Phi) is 5.05. The Balaban J connectivity index is 2.69. The van der Waals surface area contributed by atoms with Crippen LogP contribution in [0, 0.1) is 0 Å². The molecule has 3 nitrogen and oxygen atoms in total. The highest BCUT2D eigenvalue weighted by Gasteiger charge is 2.17. The molecule has 0 radical (unpaired) electrons. The smallest absolute Gasteiger partial charge is 0.105 e. The number of hydrogen-bond acceptors (Lipinski definition) is 3. The molecule has 1 aromatic rings. The van der Waals surface area contributed by atoms with E-state index < -0.39 is 12.2 Å². The SMILES string of the molecule is OCCC(O)C(O)c1ccc(CCl)cc1. The van der Waals surface area contributed by atoms with Crippen LogP contribution in [-0.4, -0.2) is 28.0 Å². The lowest BCUT2D eigenvalue weighted by Gasteiger charge is -2.17. The lowest BCUT2D eigenvalue weighted by molar-refractivity contribution is 0.00421. The zero-order chi connectivity index (χ0) is 11.3. The van der Waals surface area contributed by atoms with Gasteiger partial charge in [-0.1, -0.05) is 24.3 Å². The van der Waals surface area contributed by atoms with E-state index in [0.717, 1.165) is 5.56 Å². The molecule has 0 fully saturated rings. The normalized spacial score (nSPS) is 14.9. The number of aliphatic hydroxyl groups is 3. The van der Waals surface area contributed by atoms with Crippen LogP contribution in [0.25, 0.3) is 0 Å². The average molecular weight is 231 g/mol. The van der Waals surface area contributed by atoms with Gasteiger partial charge in [-0.15, -0.1) is 11.6 Å². The maximum absolute atomic E-state index is 9.69. The largest absolute Gasteiger partial charge is 0.396 e. The molecule has 0 aliphatic heterocycles. The van der Waals surface area contributed by atoms with Gasteiger partial charge in [0.25, 0.3) is 0 Å². The molecule has 0 aromatic heterocycles. The first-order valence-electron chi connectivity index (χ1n) is 4.81. The van der Waals surface area contributed by atoms with Crippen LogP contribution in [0.1, 0.15) is 23.7 Å². The minimum absolute atomic E-state index is 0.141. The van der Waals surface area contributed by atoms with Crippen molar-refractivity contribution in [2.75, 3.05) is 6.61 Å². The maximum Gasteiger partial charge on any atom is 0.105 e. The van der Waals surface area contributed by atoms with Gasteiger partial charge < -0.3 is 15.3 Å². The second kappa shape index (κ2) is 6.08. The quantitative estimate of drug-likeness (QED) is 0.667. The van der Waals surface area contributed by atoms with Gasteiger partial charge >= 0.3 is 0 Å². The Morgan fingerprint density at radius 1 is 1.13 bits per heavy atom. The molecule has 15 heavy (non-hydrogen) atoms. The molecule has 1 rings (SSSR count). The van der Waals surface area contributed by atoms with Crippen LogP contribution in [0.5, 0.6) is 0 Å². The number of hydrogen-bond donors (Lipinski definition) is 3. The summed E-state index contributed by atoms with van der Waals surface area (Å²) in [5.41, 5.74) is 1.59. The summed E-state index contributed by atoms with van der Waals surface area (Å²) >= 11 is 5.63. The molecule has 0 saturated carbocycles. The molecule has 0 saturated heterocycles. The van der Waals surface area contributed by atoms with Crippen molar-refractivity contribution in [3.63, 3.8) is 0 Å². The topological polar surface area (TPSA) is 60.7 Å². The van der Waals surface area contributed by atoms with Crippen LogP contribution in [0.15, 0.2) is 24.3 Å². The molecule has 4 heteroatoms. The van der Waals surface area contributed by atoms with Crippen LogP contribution in [0.3, 0.4) is 0 Å². The second-order valence-electron chi connectivity index (χ2n) is 3.40. The van der Waals surface area contributed by atoms with Gasteiger partial charge in [0.15, 0.2) is 0 Å². The third kappa shape index (κ3) is 3.47. The molecule has 0 spiro atoms. The summed E-state index contributed by atoms with van der Waals surface area (Å²) < 4.78 is 0. The van der Waals surface area contributed by atoms with Gasteiger partial charge in [-0.3, -0.25) is 0 Å². The minimum Gasteiger partial charge on any atom is -0.396 e. The Bertz CT molecular complexity index is 286. The summed E-state index contributed by atoms with van der Waals surface area (Å²) in [5.74, 6) is 0.426. The van der Waals surface area contributed by atoms with E-state index in [1.54, 1.807) is 24.3 Å². The first-order valence-corrected chi connectivity index (χ1v) is 5.34. The molecular formula is C11H15ClO3. The number of halogens is 1. The highest BCUT2D eigenvalue weighted by Crippen LogP contribution is 2.19. The van der Waals surface area contributed by atoms with E-state index in [2.05, 4.69) is 0 Å². The van der Waals surface area contributed by atoms with Crippen LogP contribution in [0.4, 0.5) is 0 Å². The third-order valence-electron chi connectivity index (χ3n) is 2.26. The first-order chi connectivity index (χ1) is 7.19. The molecule has 2 atom stereocenters. The van der Waals surface area contributed by atoms with Gasteiger partial charge in [-0.2, -0.15) is 0 Å². The van der Waals surface area contributed by atoms with Gasteiger partial charge in [-0.25, -0.2) is 0 Å². The first kappa shape index (κ1) is 12.5. The Morgan fingerprint density at radius 2 is 1.73 bits per heavy atom. The van der Waals surface area contributed by atoms with Gasteiger partial charge in [-0.05, 0) is 17.5 Å². The van der Waals surface area contributed by atoms with Crippen molar-refractivity contribution in [1.82, 2.24) is 0 Å². The highest BCUT2D eigenvalue weighted by atomic mass is 35.5. The summed E-state index contributed by atoms with van der Waals surface area (Å²) in [6, 6.07) is 7.06. The number of alkyl halides is 1. The summed E-state index contributed by atoms with van der Waals surface area (Å²) in [4.78, 5) is 0. The summed E-state index contributed by atoms with van der Waals surface area (Å²) in [6.45, 7) is -0.141. The van der Waals surface area contributed by atoms with Crippen LogP contribution in [-0.2, 0) is 5.88 Å². The molecule has 84 valence electrons. The zero-order valence-corrected chi connectivity index (χ0v) is 9.06. The van der Waals surface area contributed by atoms with Gasteiger partial charge in [0, 0.05) is 12.5 Å². The fourth-order valence-electron chi connectivity index (χ4n) is 1.32. The van der Waals surface area contributed by atoms with Crippen molar-refractivity contribution in [2.24, 2.45) is 0 Å². The Labute approximate surface area is 93.9 Å². The molecule has 0 aliphatic rings. The van der Waals surface area contributed by atoms with E-state index in [-0.39, 0.29) is 13.0 Å². The lowest BCUT2D eigenvalue weighted by Crippen LogP contribution is -2.19. The predicted octanol–water partition coefficient (Wildman–Crippen LogP) is 1.20. The maximum atomic E-state index is 9.69. The number of aliphatic hydroxyl groups excluding tert-OH is 3. The number of rotatable bonds is 5. The van der Waals surface area contributed by atoms with E-state index in [1.807, 2.05) is 0 Å². The van der Waals surface area contributed by atoms with Gasteiger partial charge in [0.2, 0.25) is 0 Å². The summed E-state index contributed by atoms with van der Waals surface area (Å²) in [7, 11) is 0. The second-order valence-corrected chi connectivity index (χ2v) is 3.67. The van der Waals surface area contributed by atoms with Crippen molar-refractivity contribution in [3.8, 4) is 0 Å². The average Bonchev–Trinajstić information content (AvgIpc) is 2.28. The van der Waals surface area contributed by atoms with E-state index in [0.29, 0.717) is 11.4 Å². The number of benzene rings is 1. The van der Waals surface area contributed by atoms with E-state index in [1.165, 1.54) is 0 Å². The molecular weight excluding hydrogens is 216 g/mol. The Morgan fingerprint density at radius 3 is 2.20 bits per heavy atom. The van der Waals surface area contributed by atoms with Gasteiger partial charge in [0.1, 0.15) is 6.10 Å². The van der Waals surface area contributed by atoms with Crippen molar-refractivity contribution in [3.05, 3.63) is 35.4 Å². The minimum atomic E-state index is -0.957. The van der Waals surface area contributed by atoms with Crippen molar-refractivity contribution >= 4 is 11.6 Å². The van der Waals surface area contributed by atoms with Gasteiger partial charge in [0.05, 0.1) is 6.10 Å². The fraction of sp³-hybridized carbons (Fsp3) is 0.455. The monoisotopic (exact) mass is 230 g/mol. The highest BCUT2D eigenvalue weighted by molar-refractivity contribution is 6.17. The standard InChI is InChI=1S/C11H15ClO3/c12-7-8-1-3-9(4-2-8)11(15)10(14)5-6-13/h1-4,10-11,13-15H,5-7H2. The molecule has 3 N–H and O–H groups in total. The van der Waals surface area contributed by atoms with Crippen molar-refractivity contribution < 1.29 is 15.3 Å². The molecule has 0 bridgehead atoms. The zero-order valence-electron chi connectivity index (χ0n) is 8.31. The molecule has 0 heterocycles. The molecule has 2 unspecified atom stereocenters. The Hall–Kier alpha value is -0.610. The molecule has 1 aromatic carbocycles. The summed E-state index contributed by atoms with van der Waals surface area (Å²) in [6.07, 6.45) is -1.73. The molecule has 0 amide bonds. The van der Waals surface area contributed by atoms with Crippen LogP contribution < -0.4 is 0 Å². The van der Waals surface area contributed by atoms with E-state index >= 15 is 0 Å². The van der Waals surface area contributed by atoms with Crippen molar-refractivity contribution in [1.29, 1.82) is 0 Å². The van der Waals surface area contributed by atoms with Crippen molar-refractivity contribution in [2.45, 2.75) is 24.5 Å². The van der Waals surface area contributed by atoms with E-state index in [9.17, 15) is 10.2 Å². The lowest BCUT2D eigenvalue weighted by atomic mass is 10.0. The van der Waals surface area contributed by atoms with E-state index in [4.69, 9.17) is 16.7 Å². The summed E-state index contributed by atoms with van der Waals surface area (Å²) in [5, 5.41) is 27.8. The fourth-order valence-corrected chi connectivity index (χ4v) is 1.49. The molecule has 0 aliphatic carbocycles. The van der Waals surface area contributed by atoms with Crippen LogP contribution >= 0.6 is 11.6 Å². The van der Waals surface area contributed by atoms with Crippen LogP contribution in [0.2, 0.25) is 0 Å². The third-order valence-corrected chi connectivity index (χ3v) is 2.57. The predicted molar refractivity (Wildman–Crippen MR) is 58.7 cm³/mol.